The number of esters is 4. The van der Waals surface area contributed by atoms with Crippen LogP contribution in [-0.2, 0) is 38.1 Å². The summed E-state index contributed by atoms with van der Waals surface area (Å²) in [5, 5.41) is 10.1. The molecule has 1 N–H and O–H groups in total. The van der Waals surface area contributed by atoms with Crippen molar-refractivity contribution in [1.29, 1.82) is 0 Å². The van der Waals surface area contributed by atoms with E-state index in [1.54, 1.807) is 6.92 Å². The normalized spacial score (nSPS) is 34.8. The number of hydrogen-bond donors (Lipinski definition) is 1. The van der Waals surface area contributed by atoms with Gasteiger partial charge in [0, 0.05) is 39.0 Å². The predicted molar refractivity (Wildman–Crippen MR) is 147 cm³/mol. The quantitative estimate of drug-likeness (QED) is 0.284. The molecule has 1 unspecified atom stereocenters. The minimum absolute atomic E-state index is 0.348. The number of fused-ring (bicyclic) bond motifs is 3. The number of rotatable bonds is 6. The van der Waals surface area contributed by atoms with Gasteiger partial charge in [-0.3, -0.25) is 19.2 Å². The zero-order valence-corrected chi connectivity index (χ0v) is 25.4. The molecule has 3 aliphatic carbocycles. The summed E-state index contributed by atoms with van der Waals surface area (Å²) in [6.45, 7) is 19.6. The summed E-state index contributed by atoms with van der Waals surface area (Å²) < 4.78 is 23.9. The van der Waals surface area contributed by atoms with Crippen molar-refractivity contribution >= 4 is 23.9 Å². The van der Waals surface area contributed by atoms with Crippen LogP contribution in [0.25, 0.3) is 0 Å². The molecule has 0 heterocycles. The highest BCUT2D eigenvalue weighted by Gasteiger charge is 2.61. The van der Waals surface area contributed by atoms with Gasteiger partial charge in [0.25, 0.3) is 0 Å². The maximum absolute atomic E-state index is 13.2. The first-order valence-electron chi connectivity index (χ1n) is 14.2. The third-order valence-electron chi connectivity index (χ3n) is 9.37. The van der Waals surface area contributed by atoms with Gasteiger partial charge in [0.2, 0.25) is 0 Å². The van der Waals surface area contributed by atoms with E-state index >= 15 is 0 Å². The van der Waals surface area contributed by atoms with Crippen LogP contribution in [0.4, 0.5) is 0 Å². The second-order valence-corrected chi connectivity index (χ2v) is 12.9. The molecule has 2 bridgehead atoms. The Hall–Kier alpha value is -2.68. The first kappa shape index (κ1) is 31.8. The molecule has 0 aliphatic heterocycles. The van der Waals surface area contributed by atoms with Crippen LogP contribution in [0.1, 0.15) is 88.0 Å². The lowest BCUT2D eigenvalue weighted by Gasteiger charge is -2.58. The molecule has 9 atom stereocenters. The van der Waals surface area contributed by atoms with E-state index in [1.807, 2.05) is 20.8 Å². The van der Waals surface area contributed by atoms with Crippen LogP contribution in [0, 0.1) is 28.6 Å². The van der Waals surface area contributed by atoms with Crippen LogP contribution < -0.4 is 0 Å². The number of aliphatic hydroxyl groups is 1. The lowest BCUT2D eigenvalue weighted by Crippen LogP contribution is -2.60. The van der Waals surface area contributed by atoms with Crippen molar-refractivity contribution < 1.29 is 43.2 Å². The summed E-state index contributed by atoms with van der Waals surface area (Å²) in [5.74, 6) is -3.65. The molecule has 3 rings (SSSR count). The Bertz CT molecular complexity index is 1090. The average Bonchev–Trinajstić information content (AvgIpc) is 2.77. The molecule has 0 aromatic carbocycles. The first-order chi connectivity index (χ1) is 18.4. The summed E-state index contributed by atoms with van der Waals surface area (Å²) in [6.07, 6.45) is -1.55. The summed E-state index contributed by atoms with van der Waals surface area (Å²) in [6, 6.07) is 0. The molecule has 0 saturated heterocycles. The van der Waals surface area contributed by atoms with E-state index in [1.165, 1.54) is 27.7 Å². The van der Waals surface area contributed by atoms with Gasteiger partial charge >= 0.3 is 23.9 Å². The van der Waals surface area contributed by atoms with Crippen molar-refractivity contribution in [3.63, 3.8) is 0 Å². The Kier molecular flexibility index (Phi) is 9.29. The Morgan fingerprint density at radius 3 is 2.00 bits per heavy atom. The van der Waals surface area contributed by atoms with Gasteiger partial charge < -0.3 is 24.1 Å². The van der Waals surface area contributed by atoms with Gasteiger partial charge in [0.15, 0.2) is 0 Å². The second-order valence-electron chi connectivity index (χ2n) is 12.9. The molecule has 0 aromatic rings. The smallest absolute Gasteiger partial charge is 0.311 e. The molecule has 2 saturated carbocycles. The van der Waals surface area contributed by atoms with Crippen molar-refractivity contribution in [3.05, 3.63) is 23.3 Å². The molecule has 40 heavy (non-hydrogen) atoms. The van der Waals surface area contributed by atoms with E-state index in [4.69, 9.17) is 18.9 Å². The van der Waals surface area contributed by atoms with Gasteiger partial charge in [-0.05, 0) is 62.0 Å². The van der Waals surface area contributed by atoms with Crippen LogP contribution in [0.3, 0.4) is 0 Å². The Balaban J connectivity index is 2.27. The highest BCUT2D eigenvalue weighted by molar-refractivity contribution is 5.73. The topological polar surface area (TPSA) is 125 Å². The summed E-state index contributed by atoms with van der Waals surface area (Å²) in [4.78, 5) is 50.2. The van der Waals surface area contributed by atoms with Gasteiger partial charge in [0.1, 0.15) is 24.4 Å². The van der Waals surface area contributed by atoms with Crippen molar-refractivity contribution in [3.8, 4) is 0 Å². The van der Waals surface area contributed by atoms with E-state index in [0.717, 1.165) is 11.1 Å². The summed E-state index contributed by atoms with van der Waals surface area (Å²) >= 11 is 0. The molecule has 3 aliphatic rings. The molecular formula is C31H46O9. The number of carbonyl (C=O) groups excluding carboxylic acids is 4. The molecule has 2 fully saturated rings. The van der Waals surface area contributed by atoms with Gasteiger partial charge in [0.05, 0.1) is 12.0 Å². The van der Waals surface area contributed by atoms with E-state index < -0.39 is 83.0 Å². The van der Waals surface area contributed by atoms with Crippen LogP contribution in [0.2, 0.25) is 0 Å². The second kappa shape index (κ2) is 11.7. The Morgan fingerprint density at radius 1 is 0.925 bits per heavy atom. The molecule has 224 valence electrons. The first-order valence-corrected chi connectivity index (χ1v) is 14.2. The third-order valence-corrected chi connectivity index (χ3v) is 9.37. The minimum Gasteiger partial charge on any atom is -0.461 e. The van der Waals surface area contributed by atoms with Gasteiger partial charge in [-0.25, -0.2) is 0 Å². The molecule has 0 spiro atoms. The number of ether oxygens (including phenoxy) is 4. The standard InChI is InChI=1S/C31H46O9/c1-15-13-23(40-29(36)16(2)18(4)32)27-28(39-21(7)35)26-17(3)22(37-19(5)33)11-12-31(26,10)14-24(38-20(6)34)25(15)30(27,8)9/h16,18,22-24,26-28,32H,3,11-14H2,1-2,4-10H3/t16-,18+,22?,23+,24-,26-,27-,28-,31-/m1/s1. The van der Waals surface area contributed by atoms with E-state index in [-0.39, 0.29) is 0 Å². The zero-order valence-electron chi connectivity index (χ0n) is 25.4. The minimum atomic E-state index is -0.905. The van der Waals surface area contributed by atoms with Crippen LogP contribution in [-0.4, -0.2) is 59.5 Å². The largest absolute Gasteiger partial charge is 0.461 e. The SMILES string of the molecule is C=C1C(OC(C)=O)CC[C@]2(C)C[C@@H](OC(C)=O)C3=C(C)C[C@H](OC(=O)[C@H](C)[C@H](C)O)[C@H]([C@H](OC(C)=O)[C@@H]12)C3(C)C. The third kappa shape index (κ3) is 6.14. The van der Waals surface area contributed by atoms with Gasteiger partial charge in [-0.1, -0.05) is 32.9 Å². The van der Waals surface area contributed by atoms with Crippen molar-refractivity contribution in [2.75, 3.05) is 0 Å². The van der Waals surface area contributed by atoms with Crippen molar-refractivity contribution in [1.82, 2.24) is 0 Å². The average molecular weight is 563 g/mol. The zero-order chi connectivity index (χ0) is 30.3. The molecule has 0 aromatic heterocycles. The predicted octanol–water partition coefficient (Wildman–Crippen LogP) is 4.45. The molecular weight excluding hydrogens is 516 g/mol. The van der Waals surface area contributed by atoms with Crippen LogP contribution in [0.5, 0.6) is 0 Å². The lowest BCUT2D eigenvalue weighted by molar-refractivity contribution is -0.189. The maximum Gasteiger partial charge on any atom is 0.311 e. The molecule has 9 heteroatoms. The highest BCUT2D eigenvalue weighted by Crippen LogP contribution is 2.60. The summed E-state index contributed by atoms with van der Waals surface area (Å²) in [5.41, 5.74) is 1.23. The van der Waals surface area contributed by atoms with E-state index in [0.29, 0.717) is 31.3 Å². The highest BCUT2D eigenvalue weighted by atomic mass is 16.6. The Labute approximate surface area is 237 Å². The van der Waals surface area contributed by atoms with Crippen molar-refractivity contribution in [2.24, 2.45) is 28.6 Å². The van der Waals surface area contributed by atoms with Crippen LogP contribution in [0.15, 0.2) is 23.3 Å². The van der Waals surface area contributed by atoms with Gasteiger partial charge in [-0.15, -0.1) is 0 Å². The molecule has 9 nitrogen and oxygen atoms in total. The fraction of sp³-hybridized carbons (Fsp3) is 0.742. The van der Waals surface area contributed by atoms with E-state index in [9.17, 15) is 24.3 Å². The number of carbonyl (C=O) groups is 4. The maximum atomic E-state index is 13.2. The van der Waals surface area contributed by atoms with Gasteiger partial charge in [-0.2, -0.15) is 0 Å². The monoisotopic (exact) mass is 562 g/mol. The fourth-order valence-electron chi connectivity index (χ4n) is 7.60. The van der Waals surface area contributed by atoms with E-state index in [2.05, 4.69) is 13.5 Å². The van der Waals surface area contributed by atoms with Crippen LogP contribution >= 0.6 is 0 Å². The van der Waals surface area contributed by atoms with Crippen molar-refractivity contribution in [2.45, 2.75) is 119 Å². The fourth-order valence-corrected chi connectivity index (χ4v) is 7.60. The molecule has 0 amide bonds. The lowest BCUT2D eigenvalue weighted by atomic mass is 9.50. The number of aliphatic hydroxyl groups excluding tert-OH is 1. The Morgan fingerprint density at radius 2 is 1.48 bits per heavy atom. The summed E-state index contributed by atoms with van der Waals surface area (Å²) in [7, 11) is 0. The molecule has 0 radical (unpaired) electrons. The number of hydrogen-bond acceptors (Lipinski definition) is 9.